The van der Waals surface area contributed by atoms with Crippen LogP contribution in [0.2, 0.25) is 0 Å². The van der Waals surface area contributed by atoms with Gasteiger partial charge < -0.3 is 9.84 Å². The SMILES string of the molecule is NS(=O)(=O)Cc1ccc(OC(F)F)c(O)c1. The van der Waals surface area contributed by atoms with Crippen molar-refractivity contribution in [2.45, 2.75) is 12.4 Å². The Morgan fingerprint density at radius 3 is 2.50 bits per heavy atom. The first-order chi connectivity index (χ1) is 7.28. The second-order valence-corrected chi connectivity index (χ2v) is 4.60. The summed E-state index contributed by atoms with van der Waals surface area (Å²) in [4.78, 5) is 0. The molecule has 0 radical (unpaired) electrons. The first kappa shape index (κ1) is 12.7. The van der Waals surface area contributed by atoms with Crippen LogP contribution in [0, 0.1) is 0 Å². The number of phenolic OH excluding ortho intramolecular Hbond substituents is 1. The fourth-order valence-corrected chi connectivity index (χ4v) is 1.72. The van der Waals surface area contributed by atoms with E-state index in [0.717, 1.165) is 12.1 Å². The lowest BCUT2D eigenvalue weighted by molar-refractivity contribution is -0.0512. The number of aromatic hydroxyl groups is 1. The van der Waals surface area contributed by atoms with Gasteiger partial charge in [0, 0.05) is 0 Å². The van der Waals surface area contributed by atoms with Crippen molar-refractivity contribution in [3.8, 4) is 11.5 Å². The van der Waals surface area contributed by atoms with Gasteiger partial charge in [0.05, 0.1) is 5.75 Å². The quantitative estimate of drug-likeness (QED) is 0.829. The molecule has 0 aromatic heterocycles. The van der Waals surface area contributed by atoms with Crippen LogP contribution in [-0.4, -0.2) is 20.1 Å². The highest BCUT2D eigenvalue weighted by Crippen LogP contribution is 2.28. The van der Waals surface area contributed by atoms with E-state index in [2.05, 4.69) is 4.74 Å². The predicted octanol–water partition coefficient (Wildman–Crippen LogP) is 0.782. The summed E-state index contributed by atoms with van der Waals surface area (Å²) in [7, 11) is -3.73. The molecule has 0 atom stereocenters. The lowest BCUT2D eigenvalue weighted by atomic mass is 10.2. The highest BCUT2D eigenvalue weighted by molar-refractivity contribution is 7.88. The minimum absolute atomic E-state index is 0.182. The van der Waals surface area contributed by atoms with Crippen LogP contribution >= 0.6 is 0 Å². The van der Waals surface area contributed by atoms with Gasteiger partial charge in [-0.25, -0.2) is 13.6 Å². The summed E-state index contributed by atoms with van der Waals surface area (Å²) in [5, 5.41) is 14.0. The van der Waals surface area contributed by atoms with Crippen molar-refractivity contribution in [2.75, 3.05) is 0 Å². The summed E-state index contributed by atoms with van der Waals surface area (Å²) in [6, 6.07) is 3.27. The number of benzene rings is 1. The molecule has 90 valence electrons. The Morgan fingerprint density at radius 2 is 2.06 bits per heavy atom. The molecule has 0 saturated heterocycles. The van der Waals surface area contributed by atoms with Gasteiger partial charge in [0.15, 0.2) is 11.5 Å². The summed E-state index contributed by atoms with van der Waals surface area (Å²) in [5.74, 6) is -1.48. The standard InChI is InChI=1S/C8H9F2NO4S/c9-8(10)15-7-2-1-5(3-6(7)12)4-16(11,13)14/h1-3,8,12H,4H2,(H2,11,13,14). The molecule has 1 rings (SSSR count). The Kier molecular flexibility index (Phi) is 3.66. The summed E-state index contributed by atoms with van der Waals surface area (Å²) in [6.45, 7) is -3.06. The number of sulfonamides is 1. The summed E-state index contributed by atoms with van der Waals surface area (Å²) >= 11 is 0. The number of hydrogen-bond acceptors (Lipinski definition) is 4. The van der Waals surface area contributed by atoms with E-state index in [1.165, 1.54) is 6.07 Å². The van der Waals surface area contributed by atoms with E-state index in [4.69, 9.17) is 5.14 Å². The number of primary sulfonamides is 1. The van der Waals surface area contributed by atoms with Crippen LogP contribution in [0.25, 0.3) is 0 Å². The van der Waals surface area contributed by atoms with E-state index in [1.54, 1.807) is 0 Å². The molecule has 1 aromatic rings. The molecule has 0 aliphatic rings. The molecule has 0 fully saturated rings. The van der Waals surface area contributed by atoms with Crippen LogP contribution in [0.4, 0.5) is 8.78 Å². The Hall–Kier alpha value is -1.41. The van der Waals surface area contributed by atoms with Gasteiger partial charge in [-0.1, -0.05) is 6.07 Å². The lowest BCUT2D eigenvalue weighted by Gasteiger charge is -2.07. The number of alkyl halides is 2. The maximum Gasteiger partial charge on any atom is 0.387 e. The van der Waals surface area contributed by atoms with Gasteiger partial charge in [-0.3, -0.25) is 0 Å². The van der Waals surface area contributed by atoms with Crippen molar-refractivity contribution in [1.29, 1.82) is 0 Å². The maximum atomic E-state index is 11.8. The Bertz CT molecular complexity index is 475. The molecule has 1 aromatic carbocycles. The zero-order chi connectivity index (χ0) is 12.3. The van der Waals surface area contributed by atoms with E-state index >= 15 is 0 Å². The predicted molar refractivity (Wildman–Crippen MR) is 51.6 cm³/mol. The molecule has 0 spiro atoms. The van der Waals surface area contributed by atoms with Crippen LogP contribution < -0.4 is 9.88 Å². The van der Waals surface area contributed by atoms with Gasteiger partial charge in [0.2, 0.25) is 10.0 Å². The number of rotatable bonds is 4. The average Bonchev–Trinajstić information content (AvgIpc) is 2.06. The van der Waals surface area contributed by atoms with Gasteiger partial charge >= 0.3 is 6.61 Å². The monoisotopic (exact) mass is 253 g/mol. The second-order valence-electron chi connectivity index (χ2n) is 2.99. The van der Waals surface area contributed by atoms with Crippen molar-refractivity contribution < 1.29 is 27.0 Å². The summed E-state index contributed by atoms with van der Waals surface area (Å²) < 4.78 is 49.1. The molecule has 0 aliphatic heterocycles. The molecule has 0 heterocycles. The third-order valence-corrected chi connectivity index (χ3v) is 2.34. The van der Waals surface area contributed by atoms with Gasteiger partial charge in [0.25, 0.3) is 0 Å². The molecule has 0 saturated carbocycles. The van der Waals surface area contributed by atoms with Crippen molar-refractivity contribution >= 4 is 10.0 Å². The topological polar surface area (TPSA) is 89.6 Å². The molecule has 8 heteroatoms. The normalized spacial score (nSPS) is 11.8. The van der Waals surface area contributed by atoms with Gasteiger partial charge in [-0.15, -0.1) is 0 Å². The maximum absolute atomic E-state index is 11.8. The van der Waals surface area contributed by atoms with Gasteiger partial charge in [-0.2, -0.15) is 8.78 Å². The Labute approximate surface area is 90.5 Å². The third kappa shape index (κ3) is 3.99. The highest BCUT2D eigenvalue weighted by atomic mass is 32.2. The molecule has 3 N–H and O–H groups in total. The van der Waals surface area contributed by atoms with E-state index < -0.39 is 33.9 Å². The number of halogens is 2. The molecular weight excluding hydrogens is 244 g/mol. The van der Waals surface area contributed by atoms with Crippen LogP contribution in [0.1, 0.15) is 5.56 Å². The van der Waals surface area contributed by atoms with Gasteiger partial charge in [0.1, 0.15) is 0 Å². The third-order valence-electron chi connectivity index (χ3n) is 1.61. The van der Waals surface area contributed by atoms with Crippen molar-refractivity contribution in [2.24, 2.45) is 5.14 Å². The minimum atomic E-state index is -3.73. The number of hydrogen-bond donors (Lipinski definition) is 2. The van der Waals surface area contributed by atoms with E-state index in [1.807, 2.05) is 0 Å². The number of nitrogens with two attached hydrogens (primary N) is 1. The Balaban J connectivity index is 2.91. The molecule has 0 amide bonds. The van der Waals surface area contributed by atoms with Crippen molar-refractivity contribution in [3.05, 3.63) is 23.8 Å². The smallest absolute Gasteiger partial charge is 0.387 e. The lowest BCUT2D eigenvalue weighted by Crippen LogP contribution is -2.14. The number of phenols is 1. The van der Waals surface area contributed by atoms with E-state index in [0.29, 0.717) is 0 Å². The molecule has 0 bridgehead atoms. The van der Waals surface area contributed by atoms with E-state index in [9.17, 15) is 22.3 Å². The fraction of sp³-hybridized carbons (Fsp3) is 0.250. The second kappa shape index (κ2) is 4.62. The van der Waals surface area contributed by atoms with Crippen LogP contribution in [0.15, 0.2) is 18.2 Å². The highest BCUT2D eigenvalue weighted by Gasteiger charge is 2.11. The molecule has 16 heavy (non-hydrogen) atoms. The van der Waals surface area contributed by atoms with Crippen LogP contribution in [-0.2, 0) is 15.8 Å². The number of ether oxygens (including phenoxy) is 1. The largest absolute Gasteiger partial charge is 0.504 e. The summed E-state index contributed by atoms with van der Waals surface area (Å²) in [5.41, 5.74) is 0.182. The average molecular weight is 253 g/mol. The molecule has 5 nitrogen and oxygen atoms in total. The Morgan fingerprint density at radius 1 is 1.44 bits per heavy atom. The first-order valence-electron chi connectivity index (χ1n) is 4.05. The zero-order valence-electron chi connectivity index (χ0n) is 7.93. The van der Waals surface area contributed by atoms with Crippen LogP contribution in [0.5, 0.6) is 11.5 Å². The minimum Gasteiger partial charge on any atom is -0.504 e. The molecule has 0 aliphatic carbocycles. The van der Waals surface area contributed by atoms with Gasteiger partial charge in [-0.05, 0) is 17.7 Å². The molecular formula is C8H9F2NO4S. The fourth-order valence-electron chi connectivity index (χ4n) is 1.08. The first-order valence-corrected chi connectivity index (χ1v) is 5.76. The molecule has 0 unspecified atom stereocenters. The van der Waals surface area contributed by atoms with Crippen molar-refractivity contribution in [1.82, 2.24) is 0 Å². The summed E-state index contributed by atoms with van der Waals surface area (Å²) in [6.07, 6.45) is 0. The van der Waals surface area contributed by atoms with Crippen LogP contribution in [0.3, 0.4) is 0 Å². The van der Waals surface area contributed by atoms with Crippen molar-refractivity contribution in [3.63, 3.8) is 0 Å². The zero-order valence-corrected chi connectivity index (χ0v) is 8.75. The van der Waals surface area contributed by atoms with E-state index in [-0.39, 0.29) is 5.56 Å².